The molecule has 0 aliphatic heterocycles. The Bertz CT molecular complexity index is 736. The van der Waals surface area contributed by atoms with Gasteiger partial charge in [-0.2, -0.15) is 0 Å². The van der Waals surface area contributed by atoms with Crippen LogP contribution in [0.2, 0.25) is 0 Å². The lowest BCUT2D eigenvalue weighted by Crippen LogP contribution is -2.18. The van der Waals surface area contributed by atoms with Gasteiger partial charge in [-0.3, -0.25) is 0 Å². The maximum absolute atomic E-state index is 3.68. The minimum Gasteiger partial charge on any atom is -0.377 e. The first-order valence-electron chi connectivity index (χ1n) is 7.88. The molecule has 0 spiro atoms. The Morgan fingerprint density at radius 3 is 1.91 bits per heavy atom. The smallest absolute Gasteiger partial charge is 0.0787 e. The molecular formula is C21H22N2. The molecule has 0 aliphatic rings. The normalized spacial score (nSPS) is 11.7. The molecule has 0 bridgehead atoms. The van der Waals surface area contributed by atoms with E-state index in [2.05, 4.69) is 103 Å². The van der Waals surface area contributed by atoms with E-state index in [1.54, 1.807) is 0 Å². The molecule has 0 aliphatic carbocycles. The van der Waals surface area contributed by atoms with Gasteiger partial charge in [0.25, 0.3) is 0 Å². The van der Waals surface area contributed by atoms with Gasteiger partial charge in [-0.25, -0.2) is 0 Å². The average molecular weight is 302 g/mol. The van der Waals surface area contributed by atoms with E-state index in [-0.39, 0.29) is 6.04 Å². The molecule has 0 saturated heterocycles. The Labute approximate surface area is 138 Å². The third-order valence-corrected chi connectivity index (χ3v) is 3.95. The third-order valence-electron chi connectivity index (χ3n) is 3.95. The van der Waals surface area contributed by atoms with E-state index in [9.17, 15) is 0 Å². The van der Waals surface area contributed by atoms with Crippen molar-refractivity contribution < 1.29 is 0 Å². The summed E-state index contributed by atoms with van der Waals surface area (Å²) in [5.74, 6) is 0. The molecule has 116 valence electrons. The summed E-state index contributed by atoms with van der Waals surface area (Å²) < 4.78 is 0. The van der Waals surface area contributed by atoms with Gasteiger partial charge in [-0.05, 0) is 23.8 Å². The summed E-state index contributed by atoms with van der Waals surface area (Å²) in [4.78, 5) is 2.16. The maximum Gasteiger partial charge on any atom is 0.0787 e. The molecule has 0 amide bonds. The van der Waals surface area contributed by atoms with Crippen LogP contribution in [-0.2, 0) is 0 Å². The number of nitrogens with one attached hydrogen (secondary N) is 1. The molecule has 0 heterocycles. The molecule has 0 saturated carbocycles. The number of anilines is 2. The SMILES string of the molecule is CN(C)c1ccccc1C(Nc1ccccc1)c1ccccc1. The third kappa shape index (κ3) is 3.54. The molecule has 0 radical (unpaired) electrons. The fraction of sp³-hybridized carbons (Fsp3) is 0.143. The Hall–Kier alpha value is -2.74. The molecule has 1 N–H and O–H groups in total. The zero-order chi connectivity index (χ0) is 16.1. The van der Waals surface area contributed by atoms with Crippen LogP contribution in [0.5, 0.6) is 0 Å². The van der Waals surface area contributed by atoms with E-state index in [0.717, 1.165) is 5.69 Å². The van der Waals surface area contributed by atoms with Gasteiger partial charge in [0.2, 0.25) is 0 Å². The largest absolute Gasteiger partial charge is 0.377 e. The highest BCUT2D eigenvalue weighted by Crippen LogP contribution is 2.32. The second kappa shape index (κ2) is 7.01. The van der Waals surface area contributed by atoms with E-state index in [1.165, 1.54) is 16.8 Å². The number of hydrogen-bond donors (Lipinski definition) is 1. The molecule has 1 atom stereocenters. The van der Waals surface area contributed by atoms with Gasteiger partial charge >= 0.3 is 0 Å². The lowest BCUT2D eigenvalue weighted by molar-refractivity contribution is 0.925. The lowest BCUT2D eigenvalue weighted by Gasteiger charge is -2.26. The van der Waals surface area contributed by atoms with Crippen LogP contribution >= 0.6 is 0 Å². The summed E-state index contributed by atoms with van der Waals surface area (Å²) in [6.45, 7) is 0. The van der Waals surface area contributed by atoms with Crippen LogP contribution in [0.1, 0.15) is 17.2 Å². The molecule has 3 aromatic carbocycles. The van der Waals surface area contributed by atoms with Crippen molar-refractivity contribution in [3.8, 4) is 0 Å². The fourth-order valence-electron chi connectivity index (χ4n) is 2.83. The first kappa shape index (κ1) is 15.2. The molecule has 3 rings (SSSR count). The second-order valence-electron chi connectivity index (χ2n) is 5.81. The summed E-state index contributed by atoms with van der Waals surface area (Å²) >= 11 is 0. The Morgan fingerprint density at radius 1 is 0.696 bits per heavy atom. The zero-order valence-electron chi connectivity index (χ0n) is 13.6. The van der Waals surface area contributed by atoms with Crippen molar-refractivity contribution in [2.24, 2.45) is 0 Å². The predicted octanol–water partition coefficient (Wildman–Crippen LogP) is 4.95. The predicted molar refractivity (Wildman–Crippen MR) is 99.1 cm³/mol. The van der Waals surface area contributed by atoms with Crippen molar-refractivity contribution >= 4 is 11.4 Å². The Balaban J connectivity index is 2.06. The van der Waals surface area contributed by atoms with Crippen LogP contribution in [0, 0.1) is 0 Å². The first-order chi connectivity index (χ1) is 11.3. The number of rotatable bonds is 5. The van der Waals surface area contributed by atoms with Crippen molar-refractivity contribution in [3.05, 3.63) is 96.1 Å². The van der Waals surface area contributed by atoms with Crippen LogP contribution < -0.4 is 10.2 Å². The summed E-state index contributed by atoms with van der Waals surface area (Å²) in [6.07, 6.45) is 0. The number of benzene rings is 3. The molecule has 2 nitrogen and oxygen atoms in total. The summed E-state index contributed by atoms with van der Waals surface area (Å²) in [6, 6.07) is 29.6. The van der Waals surface area contributed by atoms with E-state index in [1.807, 2.05) is 6.07 Å². The highest BCUT2D eigenvalue weighted by Gasteiger charge is 2.18. The van der Waals surface area contributed by atoms with Gasteiger partial charge in [0.15, 0.2) is 0 Å². The van der Waals surface area contributed by atoms with Crippen LogP contribution in [0.3, 0.4) is 0 Å². The first-order valence-corrected chi connectivity index (χ1v) is 7.88. The minimum absolute atomic E-state index is 0.109. The standard InChI is InChI=1S/C21H22N2/c1-23(2)20-16-10-9-15-19(20)21(17-11-5-3-6-12-17)22-18-13-7-4-8-14-18/h3-16,21-22H,1-2H3. The number of hydrogen-bond acceptors (Lipinski definition) is 2. The van der Waals surface area contributed by atoms with E-state index < -0.39 is 0 Å². The Kier molecular flexibility index (Phi) is 4.62. The molecule has 3 aromatic rings. The number of nitrogens with zero attached hydrogens (tertiary/aromatic N) is 1. The quantitative estimate of drug-likeness (QED) is 0.717. The van der Waals surface area contributed by atoms with Crippen LogP contribution in [0.4, 0.5) is 11.4 Å². The monoisotopic (exact) mass is 302 g/mol. The summed E-state index contributed by atoms with van der Waals surface area (Å²) in [5, 5.41) is 3.68. The van der Waals surface area contributed by atoms with Crippen molar-refractivity contribution in [2.45, 2.75) is 6.04 Å². The van der Waals surface area contributed by atoms with Gasteiger partial charge in [-0.1, -0.05) is 66.7 Å². The van der Waals surface area contributed by atoms with Crippen molar-refractivity contribution in [2.75, 3.05) is 24.3 Å². The zero-order valence-corrected chi connectivity index (χ0v) is 13.6. The maximum atomic E-state index is 3.68. The highest BCUT2D eigenvalue weighted by molar-refractivity contribution is 5.59. The molecule has 0 fully saturated rings. The molecular weight excluding hydrogens is 280 g/mol. The van der Waals surface area contributed by atoms with Crippen LogP contribution in [-0.4, -0.2) is 14.1 Å². The minimum atomic E-state index is 0.109. The van der Waals surface area contributed by atoms with Crippen LogP contribution in [0.25, 0.3) is 0 Å². The topological polar surface area (TPSA) is 15.3 Å². The summed E-state index contributed by atoms with van der Waals surface area (Å²) in [5.41, 5.74) is 4.87. The van der Waals surface area contributed by atoms with Gasteiger partial charge in [0.05, 0.1) is 6.04 Å². The molecule has 1 unspecified atom stereocenters. The lowest BCUT2D eigenvalue weighted by atomic mass is 9.96. The van der Waals surface area contributed by atoms with Gasteiger partial charge < -0.3 is 10.2 Å². The van der Waals surface area contributed by atoms with Crippen molar-refractivity contribution in [1.29, 1.82) is 0 Å². The van der Waals surface area contributed by atoms with Crippen molar-refractivity contribution in [3.63, 3.8) is 0 Å². The van der Waals surface area contributed by atoms with Crippen molar-refractivity contribution in [1.82, 2.24) is 0 Å². The average Bonchev–Trinajstić information content (AvgIpc) is 2.61. The van der Waals surface area contributed by atoms with Gasteiger partial charge in [0.1, 0.15) is 0 Å². The second-order valence-corrected chi connectivity index (χ2v) is 5.81. The van der Waals surface area contributed by atoms with Gasteiger partial charge in [0, 0.05) is 31.0 Å². The van der Waals surface area contributed by atoms with E-state index >= 15 is 0 Å². The van der Waals surface area contributed by atoms with E-state index in [4.69, 9.17) is 0 Å². The van der Waals surface area contributed by atoms with Crippen LogP contribution in [0.15, 0.2) is 84.9 Å². The fourth-order valence-corrected chi connectivity index (χ4v) is 2.83. The highest BCUT2D eigenvalue weighted by atomic mass is 15.1. The van der Waals surface area contributed by atoms with Gasteiger partial charge in [-0.15, -0.1) is 0 Å². The Morgan fingerprint density at radius 2 is 1.26 bits per heavy atom. The summed E-state index contributed by atoms with van der Waals surface area (Å²) in [7, 11) is 4.17. The van der Waals surface area contributed by atoms with E-state index in [0.29, 0.717) is 0 Å². The molecule has 2 heteroatoms. The number of para-hydroxylation sites is 2. The molecule has 0 aromatic heterocycles. The molecule has 23 heavy (non-hydrogen) atoms.